The first kappa shape index (κ1) is 17.7. The third-order valence-corrected chi connectivity index (χ3v) is 2.84. The van der Waals surface area contributed by atoms with Crippen molar-refractivity contribution in [1.29, 1.82) is 0 Å². The van der Waals surface area contributed by atoms with Crippen molar-refractivity contribution < 1.29 is 19.6 Å². The lowest BCUT2D eigenvalue weighted by Gasteiger charge is -2.22. The van der Waals surface area contributed by atoms with Crippen molar-refractivity contribution >= 4 is 11.8 Å². The fourth-order valence-corrected chi connectivity index (χ4v) is 1.82. The maximum Gasteiger partial charge on any atom is 0.407 e. The zero-order valence-electron chi connectivity index (χ0n) is 12.8. The Morgan fingerprint density at radius 3 is 2.64 bits per heavy atom. The van der Waals surface area contributed by atoms with Crippen LogP contribution in [0.15, 0.2) is 18.2 Å². The number of nitrogens with one attached hydrogen (secondary N) is 1. The summed E-state index contributed by atoms with van der Waals surface area (Å²) < 4.78 is 5.10. The number of hydrogen-bond donors (Lipinski definition) is 3. The number of non-ortho nitro benzene ring substituents is 1. The van der Waals surface area contributed by atoms with Crippen LogP contribution in [0.4, 0.5) is 10.5 Å². The van der Waals surface area contributed by atoms with Crippen LogP contribution in [0.25, 0.3) is 0 Å². The Kier molecular flexibility index (Phi) is 5.69. The molecule has 0 aromatic heterocycles. The van der Waals surface area contributed by atoms with Crippen molar-refractivity contribution in [2.24, 2.45) is 5.73 Å². The number of carbonyl (C=O) groups is 1. The minimum absolute atomic E-state index is 0.0974. The number of alkyl carbamates (subject to hydrolysis) is 1. The summed E-state index contributed by atoms with van der Waals surface area (Å²) in [5.74, 6) is -0.570. The summed E-state index contributed by atoms with van der Waals surface area (Å²) in [7, 11) is 0. The molecule has 0 aliphatic rings. The van der Waals surface area contributed by atoms with Crippen molar-refractivity contribution in [2.45, 2.75) is 32.3 Å². The monoisotopic (exact) mass is 311 g/mol. The number of aromatic hydroxyl groups is 1. The molecule has 0 aliphatic heterocycles. The van der Waals surface area contributed by atoms with E-state index in [0.717, 1.165) is 0 Å². The predicted octanol–water partition coefficient (Wildman–Crippen LogP) is 1.87. The highest BCUT2D eigenvalue weighted by Crippen LogP contribution is 2.29. The summed E-state index contributed by atoms with van der Waals surface area (Å²) in [6, 6.07) is 3.70. The molecule has 0 saturated heterocycles. The zero-order chi connectivity index (χ0) is 16.9. The van der Waals surface area contributed by atoms with Gasteiger partial charge in [0.1, 0.15) is 11.4 Å². The van der Waals surface area contributed by atoms with E-state index >= 15 is 0 Å². The number of carbonyl (C=O) groups excluding carboxylic acids is 1. The molecule has 0 bridgehead atoms. The molecule has 1 rings (SSSR count). The first-order chi connectivity index (χ1) is 10.1. The van der Waals surface area contributed by atoms with Crippen LogP contribution in [-0.2, 0) is 4.74 Å². The smallest absolute Gasteiger partial charge is 0.407 e. The van der Waals surface area contributed by atoms with Gasteiger partial charge in [0, 0.05) is 36.7 Å². The van der Waals surface area contributed by atoms with Gasteiger partial charge >= 0.3 is 6.09 Å². The summed E-state index contributed by atoms with van der Waals surface area (Å²) >= 11 is 0. The molecular weight excluding hydrogens is 290 g/mol. The molecule has 122 valence electrons. The standard InChI is InChI=1S/C14H21N3O5/c1-14(2,3)22-13(19)16-8-9(7-15)11-6-10(17(20)21)4-5-12(11)18/h4-6,9,18H,7-8,15H2,1-3H3,(H,16,19). The molecule has 0 spiro atoms. The summed E-state index contributed by atoms with van der Waals surface area (Å²) in [6.07, 6.45) is -0.615. The average molecular weight is 311 g/mol. The molecule has 0 saturated carbocycles. The molecule has 0 aliphatic carbocycles. The number of ether oxygens (including phenoxy) is 1. The minimum Gasteiger partial charge on any atom is -0.508 e. The highest BCUT2D eigenvalue weighted by atomic mass is 16.6. The molecule has 8 heteroatoms. The zero-order valence-corrected chi connectivity index (χ0v) is 12.8. The van der Waals surface area contributed by atoms with E-state index in [-0.39, 0.29) is 24.5 Å². The van der Waals surface area contributed by atoms with E-state index in [0.29, 0.717) is 5.56 Å². The van der Waals surface area contributed by atoms with E-state index in [4.69, 9.17) is 10.5 Å². The molecule has 0 heterocycles. The quantitative estimate of drug-likeness (QED) is 0.562. The Morgan fingerprint density at radius 2 is 2.14 bits per heavy atom. The number of nitrogens with zero attached hydrogens (tertiary/aromatic N) is 1. The van der Waals surface area contributed by atoms with Gasteiger partial charge in [-0.2, -0.15) is 0 Å². The number of rotatable bonds is 5. The van der Waals surface area contributed by atoms with Crippen molar-refractivity contribution in [3.05, 3.63) is 33.9 Å². The van der Waals surface area contributed by atoms with Gasteiger partial charge in [-0.05, 0) is 26.8 Å². The second-order valence-corrected chi connectivity index (χ2v) is 5.82. The number of phenolic OH excluding ortho intramolecular Hbond substituents is 1. The number of nitrogens with two attached hydrogens (primary N) is 1. The molecule has 8 nitrogen and oxygen atoms in total. The third kappa shape index (κ3) is 5.21. The van der Waals surface area contributed by atoms with Crippen LogP contribution >= 0.6 is 0 Å². The first-order valence-electron chi connectivity index (χ1n) is 6.78. The predicted molar refractivity (Wildman–Crippen MR) is 80.8 cm³/mol. The molecule has 1 amide bonds. The van der Waals surface area contributed by atoms with Crippen LogP contribution in [0, 0.1) is 10.1 Å². The van der Waals surface area contributed by atoms with Crippen molar-refractivity contribution in [2.75, 3.05) is 13.1 Å². The van der Waals surface area contributed by atoms with Gasteiger partial charge in [0.25, 0.3) is 5.69 Å². The molecule has 1 aromatic rings. The largest absolute Gasteiger partial charge is 0.508 e. The molecule has 1 unspecified atom stereocenters. The van der Waals surface area contributed by atoms with Crippen LogP contribution < -0.4 is 11.1 Å². The summed E-state index contributed by atoms with van der Waals surface area (Å²) in [5, 5.41) is 23.2. The number of hydrogen-bond acceptors (Lipinski definition) is 6. The van der Waals surface area contributed by atoms with E-state index in [1.165, 1.54) is 18.2 Å². The minimum atomic E-state index is -0.629. The molecule has 4 N–H and O–H groups in total. The first-order valence-corrected chi connectivity index (χ1v) is 6.78. The summed E-state index contributed by atoms with van der Waals surface area (Å²) in [4.78, 5) is 21.9. The van der Waals surface area contributed by atoms with E-state index in [9.17, 15) is 20.0 Å². The summed E-state index contributed by atoms with van der Waals surface area (Å²) in [5.41, 5.74) is 5.17. The van der Waals surface area contributed by atoms with Gasteiger partial charge in [-0.25, -0.2) is 4.79 Å². The van der Waals surface area contributed by atoms with Gasteiger partial charge in [-0.15, -0.1) is 0 Å². The Balaban J connectivity index is 2.82. The number of benzene rings is 1. The van der Waals surface area contributed by atoms with Crippen molar-refractivity contribution in [3.8, 4) is 5.75 Å². The lowest BCUT2D eigenvalue weighted by molar-refractivity contribution is -0.385. The van der Waals surface area contributed by atoms with Crippen molar-refractivity contribution in [3.63, 3.8) is 0 Å². The van der Waals surface area contributed by atoms with E-state index < -0.39 is 22.5 Å². The molecule has 0 fully saturated rings. The molecule has 1 atom stereocenters. The lowest BCUT2D eigenvalue weighted by Crippen LogP contribution is -2.36. The maximum atomic E-state index is 11.6. The molecular formula is C14H21N3O5. The Labute approximate surface area is 128 Å². The van der Waals surface area contributed by atoms with Gasteiger partial charge in [-0.3, -0.25) is 10.1 Å². The van der Waals surface area contributed by atoms with Crippen LogP contribution in [0.5, 0.6) is 5.75 Å². The molecule has 22 heavy (non-hydrogen) atoms. The summed E-state index contributed by atoms with van der Waals surface area (Å²) in [6.45, 7) is 5.41. The van der Waals surface area contributed by atoms with Crippen LogP contribution in [0.3, 0.4) is 0 Å². The maximum absolute atomic E-state index is 11.6. The Morgan fingerprint density at radius 1 is 1.50 bits per heavy atom. The number of nitro groups is 1. The van der Waals surface area contributed by atoms with E-state index in [1.54, 1.807) is 20.8 Å². The average Bonchev–Trinajstić information content (AvgIpc) is 2.38. The second kappa shape index (κ2) is 7.08. The fourth-order valence-electron chi connectivity index (χ4n) is 1.82. The van der Waals surface area contributed by atoms with Crippen LogP contribution in [0.1, 0.15) is 32.3 Å². The number of amides is 1. The topological polar surface area (TPSA) is 128 Å². The highest BCUT2D eigenvalue weighted by Gasteiger charge is 2.21. The van der Waals surface area contributed by atoms with Crippen LogP contribution in [0.2, 0.25) is 0 Å². The van der Waals surface area contributed by atoms with Crippen LogP contribution in [-0.4, -0.2) is 34.8 Å². The van der Waals surface area contributed by atoms with E-state index in [2.05, 4.69) is 5.32 Å². The number of phenols is 1. The highest BCUT2D eigenvalue weighted by molar-refractivity contribution is 5.67. The number of nitro benzene ring substituents is 1. The van der Waals surface area contributed by atoms with Gasteiger partial charge in [0.2, 0.25) is 0 Å². The van der Waals surface area contributed by atoms with Gasteiger partial charge in [-0.1, -0.05) is 0 Å². The Bertz CT molecular complexity index is 554. The van der Waals surface area contributed by atoms with Gasteiger partial charge < -0.3 is 20.9 Å². The normalized spacial score (nSPS) is 12.5. The van der Waals surface area contributed by atoms with Gasteiger partial charge in [0.05, 0.1) is 4.92 Å². The van der Waals surface area contributed by atoms with Crippen molar-refractivity contribution in [1.82, 2.24) is 5.32 Å². The lowest BCUT2D eigenvalue weighted by atomic mass is 9.97. The van der Waals surface area contributed by atoms with E-state index in [1.807, 2.05) is 0 Å². The second-order valence-electron chi connectivity index (χ2n) is 5.82. The molecule has 1 aromatic carbocycles. The fraction of sp³-hybridized carbons (Fsp3) is 0.500. The molecule has 0 radical (unpaired) electrons. The van der Waals surface area contributed by atoms with Gasteiger partial charge in [0.15, 0.2) is 0 Å². The SMILES string of the molecule is CC(C)(C)OC(=O)NCC(CN)c1cc([N+](=O)[O-])ccc1O. The third-order valence-electron chi connectivity index (χ3n) is 2.84. The Hall–Kier alpha value is -2.35.